The second-order valence-corrected chi connectivity index (χ2v) is 4.67. The molecule has 0 atom stereocenters. The lowest BCUT2D eigenvalue weighted by molar-refractivity contribution is -0.153. The van der Waals surface area contributed by atoms with Crippen LogP contribution in [0.4, 0.5) is 24.5 Å². The molecule has 122 valence electrons. The lowest BCUT2D eigenvalue weighted by atomic mass is 10.3. The van der Waals surface area contributed by atoms with Crippen molar-refractivity contribution < 1.29 is 22.7 Å². The van der Waals surface area contributed by atoms with Crippen LogP contribution in [0.25, 0.3) is 0 Å². The van der Waals surface area contributed by atoms with Gasteiger partial charge in [-0.05, 0) is 24.3 Å². The third kappa shape index (κ3) is 5.90. The van der Waals surface area contributed by atoms with Gasteiger partial charge in [0.2, 0.25) is 5.91 Å². The summed E-state index contributed by atoms with van der Waals surface area (Å²) in [4.78, 5) is 11.8. The highest BCUT2D eigenvalue weighted by atomic mass is 19.4. The molecule has 0 bridgehead atoms. The molecule has 4 nitrogen and oxygen atoms in total. The van der Waals surface area contributed by atoms with E-state index in [0.29, 0.717) is 11.4 Å². The van der Waals surface area contributed by atoms with Crippen LogP contribution in [0.2, 0.25) is 0 Å². The standard InChI is InChI=1S/C16H15F3N2O2/c17-16(18,19)11-23-14-9-5-4-8-13(14)20-10-15(22)21-12-6-2-1-3-7-12/h1-9,20H,10-11H2,(H,21,22). The highest BCUT2D eigenvalue weighted by molar-refractivity contribution is 5.93. The molecule has 2 aromatic carbocycles. The summed E-state index contributed by atoms with van der Waals surface area (Å²) >= 11 is 0. The van der Waals surface area contributed by atoms with Gasteiger partial charge in [-0.3, -0.25) is 4.79 Å². The summed E-state index contributed by atoms with van der Waals surface area (Å²) < 4.78 is 41.4. The highest BCUT2D eigenvalue weighted by Gasteiger charge is 2.28. The number of hydrogen-bond acceptors (Lipinski definition) is 3. The Bertz CT molecular complexity index is 645. The van der Waals surface area contributed by atoms with Crippen molar-refractivity contribution in [2.45, 2.75) is 6.18 Å². The molecule has 0 heterocycles. The van der Waals surface area contributed by atoms with Crippen molar-refractivity contribution in [1.82, 2.24) is 0 Å². The third-order valence-corrected chi connectivity index (χ3v) is 2.78. The number of ether oxygens (including phenoxy) is 1. The number of para-hydroxylation sites is 3. The molecular formula is C16H15F3N2O2. The third-order valence-electron chi connectivity index (χ3n) is 2.78. The maximum Gasteiger partial charge on any atom is 0.422 e. The summed E-state index contributed by atoms with van der Waals surface area (Å²) in [6.07, 6.45) is -4.42. The molecule has 0 fully saturated rings. The number of rotatable bonds is 6. The van der Waals surface area contributed by atoms with Gasteiger partial charge in [-0.15, -0.1) is 0 Å². The number of carbonyl (C=O) groups is 1. The van der Waals surface area contributed by atoms with Crippen LogP contribution < -0.4 is 15.4 Å². The van der Waals surface area contributed by atoms with Crippen LogP contribution in [-0.2, 0) is 4.79 Å². The van der Waals surface area contributed by atoms with E-state index in [1.54, 1.807) is 42.5 Å². The van der Waals surface area contributed by atoms with Crippen molar-refractivity contribution in [3.8, 4) is 5.75 Å². The molecule has 7 heteroatoms. The predicted molar refractivity (Wildman–Crippen MR) is 81.6 cm³/mol. The zero-order chi connectivity index (χ0) is 16.7. The average Bonchev–Trinajstić information content (AvgIpc) is 2.52. The summed E-state index contributed by atoms with van der Waals surface area (Å²) in [5, 5.41) is 5.43. The number of amides is 1. The molecule has 2 aromatic rings. The van der Waals surface area contributed by atoms with Crippen LogP contribution in [0.15, 0.2) is 54.6 Å². The minimum absolute atomic E-state index is 0.0392. The van der Waals surface area contributed by atoms with Crippen molar-refractivity contribution >= 4 is 17.3 Å². The Morgan fingerprint density at radius 3 is 2.35 bits per heavy atom. The van der Waals surface area contributed by atoms with Gasteiger partial charge in [-0.25, -0.2) is 0 Å². The quantitative estimate of drug-likeness (QED) is 0.852. The van der Waals surface area contributed by atoms with Crippen LogP contribution in [0.1, 0.15) is 0 Å². The Morgan fingerprint density at radius 1 is 1.00 bits per heavy atom. The first-order valence-corrected chi connectivity index (χ1v) is 6.81. The maximum atomic E-state index is 12.2. The Hall–Kier alpha value is -2.70. The minimum atomic E-state index is -4.42. The first-order chi connectivity index (χ1) is 10.9. The fourth-order valence-corrected chi connectivity index (χ4v) is 1.80. The SMILES string of the molecule is O=C(CNc1ccccc1OCC(F)(F)F)Nc1ccccc1. The molecule has 2 rings (SSSR count). The van der Waals surface area contributed by atoms with Gasteiger partial charge in [0.1, 0.15) is 5.75 Å². The number of nitrogens with one attached hydrogen (secondary N) is 2. The van der Waals surface area contributed by atoms with Gasteiger partial charge in [0, 0.05) is 5.69 Å². The molecular weight excluding hydrogens is 309 g/mol. The van der Waals surface area contributed by atoms with Gasteiger partial charge in [0.15, 0.2) is 6.61 Å². The molecule has 0 unspecified atom stereocenters. The molecule has 0 aromatic heterocycles. The van der Waals surface area contributed by atoms with E-state index < -0.39 is 12.8 Å². The van der Waals surface area contributed by atoms with E-state index in [-0.39, 0.29) is 18.2 Å². The molecule has 0 aliphatic rings. The predicted octanol–water partition coefficient (Wildman–Crippen LogP) is 3.68. The van der Waals surface area contributed by atoms with Crippen LogP contribution in [0, 0.1) is 0 Å². The van der Waals surface area contributed by atoms with E-state index in [4.69, 9.17) is 4.74 Å². The van der Waals surface area contributed by atoms with Crippen molar-refractivity contribution in [2.24, 2.45) is 0 Å². The van der Waals surface area contributed by atoms with Crippen molar-refractivity contribution in [2.75, 3.05) is 23.8 Å². The highest BCUT2D eigenvalue weighted by Crippen LogP contribution is 2.26. The van der Waals surface area contributed by atoms with E-state index in [9.17, 15) is 18.0 Å². The fraction of sp³-hybridized carbons (Fsp3) is 0.188. The van der Waals surface area contributed by atoms with Gasteiger partial charge >= 0.3 is 6.18 Å². The van der Waals surface area contributed by atoms with E-state index in [1.807, 2.05) is 6.07 Å². The normalized spacial score (nSPS) is 10.9. The molecule has 2 N–H and O–H groups in total. The summed E-state index contributed by atoms with van der Waals surface area (Å²) in [5.74, 6) is -0.279. The number of halogens is 3. The Morgan fingerprint density at radius 2 is 1.65 bits per heavy atom. The zero-order valence-corrected chi connectivity index (χ0v) is 12.1. The lowest BCUT2D eigenvalue weighted by Gasteiger charge is -2.14. The summed E-state index contributed by atoms with van der Waals surface area (Å²) in [7, 11) is 0. The maximum absolute atomic E-state index is 12.2. The second kappa shape index (κ2) is 7.53. The van der Waals surface area contributed by atoms with Crippen LogP contribution >= 0.6 is 0 Å². The Kier molecular flexibility index (Phi) is 5.46. The number of carbonyl (C=O) groups excluding carboxylic acids is 1. The molecule has 0 saturated heterocycles. The average molecular weight is 324 g/mol. The minimum Gasteiger partial charge on any atom is -0.482 e. The Balaban J connectivity index is 1.91. The topological polar surface area (TPSA) is 50.4 Å². The number of alkyl halides is 3. The molecule has 0 radical (unpaired) electrons. The van der Waals surface area contributed by atoms with Gasteiger partial charge < -0.3 is 15.4 Å². The molecule has 23 heavy (non-hydrogen) atoms. The summed E-state index contributed by atoms with van der Waals surface area (Å²) in [6, 6.07) is 15.0. The summed E-state index contributed by atoms with van der Waals surface area (Å²) in [5.41, 5.74) is 0.959. The molecule has 0 spiro atoms. The number of hydrogen-bond donors (Lipinski definition) is 2. The lowest BCUT2D eigenvalue weighted by Crippen LogP contribution is -2.23. The van der Waals surface area contributed by atoms with Crippen LogP contribution in [-0.4, -0.2) is 25.2 Å². The van der Waals surface area contributed by atoms with Crippen molar-refractivity contribution in [3.63, 3.8) is 0 Å². The monoisotopic (exact) mass is 324 g/mol. The smallest absolute Gasteiger partial charge is 0.422 e. The number of benzene rings is 2. The van der Waals surface area contributed by atoms with E-state index in [2.05, 4.69) is 10.6 Å². The van der Waals surface area contributed by atoms with E-state index >= 15 is 0 Å². The molecule has 0 saturated carbocycles. The Labute approximate surface area is 131 Å². The van der Waals surface area contributed by atoms with Crippen LogP contribution in [0.5, 0.6) is 5.75 Å². The molecule has 0 aliphatic carbocycles. The van der Waals surface area contributed by atoms with E-state index in [1.165, 1.54) is 6.07 Å². The van der Waals surface area contributed by atoms with Gasteiger partial charge in [-0.2, -0.15) is 13.2 Å². The van der Waals surface area contributed by atoms with Crippen molar-refractivity contribution in [3.05, 3.63) is 54.6 Å². The summed E-state index contributed by atoms with van der Waals surface area (Å²) in [6.45, 7) is -1.48. The second-order valence-electron chi connectivity index (χ2n) is 4.67. The fourth-order valence-electron chi connectivity index (χ4n) is 1.80. The van der Waals surface area contributed by atoms with Crippen molar-refractivity contribution in [1.29, 1.82) is 0 Å². The molecule has 0 aliphatic heterocycles. The van der Waals surface area contributed by atoms with Crippen LogP contribution in [0.3, 0.4) is 0 Å². The van der Waals surface area contributed by atoms with Gasteiger partial charge in [-0.1, -0.05) is 30.3 Å². The number of anilines is 2. The zero-order valence-electron chi connectivity index (χ0n) is 12.1. The first-order valence-electron chi connectivity index (χ1n) is 6.81. The molecule has 1 amide bonds. The van der Waals surface area contributed by atoms with Gasteiger partial charge in [0.05, 0.1) is 12.2 Å². The van der Waals surface area contributed by atoms with Gasteiger partial charge in [0.25, 0.3) is 0 Å². The van der Waals surface area contributed by atoms with E-state index in [0.717, 1.165) is 0 Å². The largest absolute Gasteiger partial charge is 0.482 e. The first kappa shape index (κ1) is 16.7.